The van der Waals surface area contributed by atoms with Gasteiger partial charge < -0.3 is 15.4 Å². The molecule has 2 aromatic rings. The molecular formula is C18H17F3N2O3. The van der Waals surface area contributed by atoms with Gasteiger partial charge in [-0.1, -0.05) is 24.3 Å². The largest absolute Gasteiger partial charge is 0.462 e. The normalized spacial score (nSPS) is 10.9. The van der Waals surface area contributed by atoms with Crippen molar-refractivity contribution in [2.75, 3.05) is 23.8 Å². The van der Waals surface area contributed by atoms with Gasteiger partial charge in [0.2, 0.25) is 5.91 Å². The number of nitrogens with one attached hydrogen (secondary N) is 2. The van der Waals surface area contributed by atoms with E-state index in [1.165, 1.54) is 30.3 Å². The Hall–Kier alpha value is -3.03. The molecule has 0 bridgehead atoms. The minimum absolute atomic E-state index is 0.165. The zero-order valence-corrected chi connectivity index (χ0v) is 13.9. The topological polar surface area (TPSA) is 67.4 Å². The van der Waals surface area contributed by atoms with Crippen LogP contribution in [0.4, 0.5) is 24.5 Å². The number of ether oxygens (including phenoxy) is 1. The molecule has 0 aromatic heterocycles. The minimum atomic E-state index is -4.53. The lowest BCUT2D eigenvalue weighted by molar-refractivity contribution is -0.137. The number of rotatable bonds is 6. The number of alkyl halides is 3. The van der Waals surface area contributed by atoms with Gasteiger partial charge in [-0.2, -0.15) is 13.2 Å². The molecule has 0 unspecified atom stereocenters. The summed E-state index contributed by atoms with van der Waals surface area (Å²) in [5.74, 6) is -1.20. The van der Waals surface area contributed by atoms with Gasteiger partial charge in [-0.15, -0.1) is 0 Å². The second-order valence-electron chi connectivity index (χ2n) is 5.21. The summed E-state index contributed by atoms with van der Waals surface area (Å²) in [6.07, 6.45) is -4.53. The maximum atomic E-state index is 12.9. The van der Waals surface area contributed by atoms with E-state index in [1.54, 1.807) is 19.1 Å². The molecular weight excluding hydrogens is 349 g/mol. The van der Waals surface area contributed by atoms with Crippen molar-refractivity contribution >= 4 is 23.3 Å². The van der Waals surface area contributed by atoms with Crippen molar-refractivity contribution in [2.24, 2.45) is 0 Å². The van der Waals surface area contributed by atoms with Crippen molar-refractivity contribution in [1.82, 2.24) is 0 Å². The van der Waals surface area contributed by atoms with E-state index in [0.717, 1.165) is 6.07 Å². The van der Waals surface area contributed by atoms with Gasteiger partial charge in [0, 0.05) is 5.69 Å². The number of hydrogen-bond donors (Lipinski definition) is 2. The van der Waals surface area contributed by atoms with E-state index in [4.69, 9.17) is 4.74 Å². The molecule has 5 nitrogen and oxygen atoms in total. The van der Waals surface area contributed by atoms with Gasteiger partial charge in [-0.3, -0.25) is 4.79 Å². The van der Waals surface area contributed by atoms with E-state index in [9.17, 15) is 22.8 Å². The number of carbonyl (C=O) groups excluding carboxylic acids is 2. The van der Waals surface area contributed by atoms with E-state index in [1.807, 2.05) is 0 Å². The van der Waals surface area contributed by atoms with E-state index in [2.05, 4.69) is 10.6 Å². The van der Waals surface area contributed by atoms with Crippen molar-refractivity contribution in [1.29, 1.82) is 0 Å². The van der Waals surface area contributed by atoms with E-state index in [0.29, 0.717) is 0 Å². The highest BCUT2D eigenvalue weighted by Crippen LogP contribution is 2.34. The van der Waals surface area contributed by atoms with Crippen LogP contribution in [-0.2, 0) is 15.7 Å². The molecule has 26 heavy (non-hydrogen) atoms. The number of anilines is 2. The second kappa shape index (κ2) is 8.37. The van der Waals surface area contributed by atoms with E-state index >= 15 is 0 Å². The molecule has 0 radical (unpaired) electrons. The average molecular weight is 366 g/mol. The highest BCUT2D eigenvalue weighted by molar-refractivity contribution is 6.02. The van der Waals surface area contributed by atoms with Crippen molar-refractivity contribution in [3.63, 3.8) is 0 Å². The number of para-hydroxylation sites is 2. The molecule has 2 rings (SSSR count). The summed E-state index contributed by atoms with van der Waals surface area (Å²) in [7, 11) is 0. The van der Waals surface area contributed by atoms with Gasteiger partial charge in [0.15, 0.2) is 0 Å². The van der Waals surface area contributed by atoms with Crippen LogP contribution in [0.25, 0.3) is 0 Å². The zero-order chi connectivity index (χ0) is 19.2. The average Bonchev–Trinajstić information content (AvgIpc) is 2.60. The predicted octanol–water partition coefficient (Wildman–Crippen LogP) is 3.93. The first kappa shape index (κ1) is 19.3. The summed E-state index contributed by atoms with van der Waals surface area (Å²) in [6, 6.07) is 11.1. The highest BCUT2D eigenvalue weighted by atomic mass is 19.4. The molecule has 0 saturated heterocycles. The summed E-state index contributed by atoms with van der Waals surface area (Å²) in [4.78, 5) is 23.9. The molecule has 0 fully saturated rings. The maximum Gasteiger partial charge on any atom is 0.418 e. The fourth-order valence-corrected chi connectivity index (χ4v) is 2.23. The fourth-order valence-electron chi connectivity index (χ4n) is 2.23. The highest BCUT2D eigenvalue weighted by Gasteiger charge is 2.33. The monoisotopic (exact) mass is 366 g/mol. The van der Waals surface area contributed by atoms with Crippen LogP contribution in [0.3, 0.4) is 0 Å². The molecule has 1 amide bonds. The van der Waals surface area contributed by atoms with Crippen LogP contribution in [-0.4, -0.2) is 25.0 Å². The summed E-state index contributed by atoms with van der Waals surface area (Å²) in [5, 5.41) is 4.96. The Bertz CT molecular complexity index is 791. The lowest BCUT2D eigenvalue weighted by atomic mass is 10.1. The Morgan fingerprint density at radius 1 is 1.00 bits per heavy atom. The Morgan fingerprint density at radius 2 is 1.62 bits per heavy atom. The number of amides is 1. The zero-order valence-electron chi connectivity index (χ0n) is 13.9. The van der Waals surface area contributed by atoms with E-state index < -0.39 is 30.2 Å². The third kappa shape index (κ3) is 4.98. The van der Waals surface area contributed by atoms with Crippen LogP contribution >= 0.6 is 0 Å². The van der Waals surface area contributed by atoms with Crippen molar-refractivity contribution in [2.45, 2.75) is 13.1 Å². The molecule has 2 aromatic carbocycles. The minimum Gasteiger partial charge on any atom is -0.462 e. The molecule has 0 spiro atoms. The van der Waals surface area contributed by atoms with Crippen LogP contribution in [0, 0.1) is 0 Å². The van der Waals surface area contributed by atoms with Crippen molar-refractivity contribution in [3.05, 3.63) is 59.7 Å². The molecule has 8 heteroatoms. The third-order valence-corrected chi connectivity index (χ3v) is 3.37. The quantitative estimate of drug-likeness (QED) is 0.760. The van der Waals surface area contributed by atoms with Crippen LogP contribution in [0.15, 0.2) is 48.5 Å². The lowest BCUT2D eigenvalue weighted by Crippen LogP contribution is -2.24. The summed E-state index contributed by atoms with van der Waals surface area (Å²) >= 11 is 0. The third-order valence-electron chi connectivity index (χ3n) is 3.37. The predicted molar refractivity (Wildman–Crippen MR) is 91.0 cm³/mol. The molecule has 138 valence electrons. The Morgan fingerprint density at radius 3 is 2.27 bits per heavy atom. The molecule has 0 atom stereocenters. The molecule has 2 N–H and O–H groups in total. The maximum absolute atomic E-state index is 12.9. The number of esters is 1. The molecule has 0 aliphatic rings. The Kier molecular flexibility index (Phi) is 6.21. The lowest BCUT2D eigenvalue weighted by Gasteiger charge is -2.15. The Balaban J connectivity index is 2.06. The number of hydrogen-bond acceptors (Lipinski definition) is 4. The van der Waals surface area contributed by atoms with Gasteiger partial charge in [0.1, 0.15) is 0 Å². The van der Waals surface area contributed by atoms with Crippen LogP contribution in [0.1, 0.15) is 22.8 Å². The number of benzene rings is 2. The first-order valence-corrected chi connectivity index (χ1v) is 7.79. The van der Waals surface area contributed by atoms with Gasteiger partial charge in [-0.05, 0) is 31.2 Å². The summed E-state index contributed by atoms with van der Waals surface area (Å²) in [5.41, 5.74) is -0.672. The molecule has 0 heterocycles. The molecule has 0 aliphatic heterocycles. The first-order valence-electron chi connectivity index (χ1n) is 7.79. The molecule has 0 aliphatic carbocycles. The number of halogens is 3. The first-order chi connectivity index (χ1) is 12.3. The van der Waals surface area contributed by atoms with Crippen molar-refractivity contribution < 1.29 is 27.5 Å². The van der Waals surface area contributed by atoms with Gasteiger partial charge in [0.05, 0.1) is 30.0 Å². The van der Waals surface area contributed by atoms with Crippen LogP contribution in [0.5, 0.6) is 0 Å². The molecule has 0 saturated carbocycles. The van der Waals surface area contributed by atoms with Gasteiger partial charge in [-0.25, -0.2) is 4.79 Å². The fraction of sp³-hybridized carbons (Fsp3) is 0.222. The van der Waals surface area contributed by atoms with E-state index in [-0.39, 0.29) is 23.5 Å². The summed E-state index contributed by atoms with van der Waals surface area (Å²) in [6.45, 7) is 1.43. The van der Waals surface area contributed by atoms with Gasteiger partial charge in [0.25, 0.3) is 0 Å². The van der Waals surface area contributed by atoms with Crippen molar-refractivity contribution in [3.8, 4) is 0 Å². The van der Waals surface area contributed by atoms with Gasteiger partial charge >= 0.3 is 12.1 Å². The summed E-state index contributed by atoms with van der Waals surface area (Å²) < 4.78 is 43.7. The van der Waals surface area contributed by atoms with Crippen LogP contribution < -0.4 is 10.6 Å². The standard InChI is InChI=1S/C18H17F3N2O3/c1-2-26-17(25)12-7-3-5-9-14(12)23-16(24)11-22-15-10-6-4-8-13(15)18(19,20)21/h3-10,22H,2,11H2,1H3,(H,23,24). The SMILES string of the molecule is CCOC(=O)c1ccccc1NC(=O)CNc1ccccc1C(F)(F)F. The van der Waals surface area contributed by atoms with Crippen LogP contribution in [0.2, 0.25) is 0 Å². The Labute approximate surface area is 148 Å². The second-order valence-corrected chi connectivity index (χ2v) is 5.21. The smallest absolute Gasteiger partial charge is 0.418 e. The number of carbonyl (C=O) groups is 2.